The molecule has 0 aromatic carbocycles. The number of aliphatic hydroxyl groups excluding tert-OH is 1. The second-order valence-electron chi connectivity index (χ2n) is 4.48. The lowest BCUT2D eigenvalue weighted by molar-refractivity contribution is 0.205. The molecule has 19 heavy (non-hydrogen) atoms. The van der Waals surface area contributed by atoms with Crippen LogP contribution in [0.5, 0.6) is 0 Å². The van der Waals surface area contributed by atoms with E-state index in [9.17, 15) is 5.11 Å². The van der Waals surface area contributed by atoms with Gasteiger partial charge in [0, 0.05) is 24.5 Å². The lowest BCUT2D eigenvalue weighted by Gasteiger charge is -2.15. The number of aliphatic hydroxyl groups is 1. The van der Waals surface area contributed by atoms with Gasteiger partial charge in [0.15, 0.2) is 0 Å². The van der Waals surface area contributed by atoms with Crippen LogP contribution in [0.1, 0.15) is 17.4 Å². The van der Waals surface area contributed by atoms with Gasteiger partial charge in [-0.1, -0.05) is 11.6 Å². The first-order chi connectivity index (χ1) is 9.09. The Morgan fingerprint density at radius 3 is 2.63 bits per heavy atom. The molecule has 1 unspecified atom stereocenters. The molecule has 2 heterocycles. The average molecular weight is 282 g/mol. The zero-order valence-electron chi connectivity index (χ0n) is 10.9. The first-order valence-corrected chi connectivity index (χ1v) is 6.26. The summed E-state index contributed by atoms with van der Waals surface area (Å²) in [5.74, 6) is 0. The minimum atomic E-state index is -0.877. The highest BCUT2D eigenvalue weighted by atomic mass is 35.5. The molecule has 1 atom stereocenters. The molecular weight excluding hydrogens is 266 g/mol. The normalized spacial score (nSPS) is 12.9. The van der Waals surface area contributed by atoms with Crippen LogP contribution in [-0.2, 0) is 6.54 Å². The van der Waals surface area contributed by atoms with E-state index in [0.717, 1.165) is 6.54 Å². The molecule has 2 aromatic heterocycles. The van der Waals surface area contributed by atoms with E-state index >= 15 is 0 Å². The van der Waals surface area contributed by atoms with Gasteiger partial charge in [-0.15, -0.1) is 0 Å². The zero-order valence-corrected chi connectivity index (χ0v) is 11.6. The molecule has 6 nitrogen and oxygen atoms in total. The zero-order chi connectivity index (χ0) is 13.8. The number of hydrogen-bond acceptors (Lipinski definition) is 5. The molecule has 0 spiro atoms. The van der Waals surface area contributed by atoms with Crippen molar-refractivity contribution in [2.24, 2.45) is 0 Å². The fourth-order valence-corrected chi connectivity index (χ4v) is 1.97. The molecule has 0 saturated heterocycles. The Balaban J connectivity index is 2.26. The van der Waals surface area contributed by atoms with Gasteiger partial charge < -0.3 is 10.0 Å². The van der Waals surface area contributed by atoms with Crippen molar-refractivity contribution >= 4 is 11.6 Å². The third-order valence-corrected chi connectivity index (χ3v) is 3.04. The SMILES string of the molecule is CN(C)CCn1ncc(Cl)c1C(O)c1cncnc1. The van der Waals surface area contributed by atoms with Gasteiger partial charge in [-0.25, -0.2) is 9.97 Å². The summed E-state index contributed by atoms with van der Waals surface area (Å²) in [5, 5.41) is 15.0. The van der Waals surface area contributed by atoms with Gasteiger partial charge in [-0.3, -0.25) is 4.68 Å². The van der Waals surface area contributed by atoms with Gasteiger partial charge in [0.05, 0.1) is 23.5 Å². The Labute approximate surface area is 116 Å². The number of nitrogens with zero attached hydrogens (tertiary/aromatic N) is 5. The van der Waals surface area contributed by atoms with Crippen LogP contribution in [0.25, 0.3) is 0 Å². The molecule has 0 aliphatic heterocycles. The first kappa shape index (κ1) is 13.9. The molecule has 0 amide bonds. The number of likely N-dealkylation sites (N-methyl/N-ethyl adjacent to an activating group) is 1. The van der Waals surface area contributed by atoms with Gasteiger partial charge in [0.1, 0.15) is 12.4 Å². The smallest absolute Gasteiger partial charge is 0.125 e. The van der Waals surface area contributed by atoms with Crippen molar-refractivity contribution in [3.63, 3.8) is 0 Å². The maximum atomic E-state index is 10.4. The highest BCUT2D eigenvalue weighted by molar-refractivity contribution is 6.31. The summed E-state index contributed by atoms with van der Waals surface area (Å²) < 4.78 is 1.71. The summed E-state index contributed by atoms with van der Waals surface area (Å²) in [4.78, 5) is 9.83. The van der Waals surface area contributed by atoms with Crippen molar-refractivity contribution in [1.82, 2.24) is 24.6 Å². The molecule has 1 N–H and O–H groups in total. The average Bonchev–Trinajstić information content (AvgIpc) is 2.78. The van der Waals surface area contributed by atoms with Crippen molar-refractivity contribution in [2.45, 2.75) is 12.6 Å². The van der Waals surface area contributed by atoms with Crippen molar-refractivity contribution in [3.05, 3.63) is 41.2 Å². The van der Waals surface area contributed by atoms with Gasteiger partial charge in [0.2, 0.25) is 0 Å². The summed E-state index contributed by atoms with van der Waals surface area (Å²) in [6.45, 7) is 1.46. The molecule has 2 rings (SSSR count). The van der Waals surface area contributed by atoms with Crippen molar-refractivity contribution in [1.29, 1.82) is 0 Å². The van der Waals surface area contributed by atoms with Gasteiger partial charge in [0.25, 0.3) is 0 Å². The summed E-state index contributed by atoms with van der Waals surface area (Å²) in [6.07, 6.45) is 5.22. The van der Waals surface area contributed by atoms with E-state index in [2.05, 4.69) is 15.1 Å². The van der Waals surface area contributed by atoms with Crippen LogP contribution in [-0.4, -0.2) is 50.4 Å². The van der Waals surface area contributed by atoms with E-state index in [1.807, 2.05) is 19.0 Å². The van der Waals surface area contributed by atoms with Crippen LogP contribution >= 0.6 is 11.6 Å². The number of rotatable bonds is 5. The third-order valence-electron chi connectivity index (χ3n) is 2.75. The van der Waals surface area contributed by atoms with Crippen LogP contribution in [0.2, 0.25) is 5.02 Å². The van der Waals surface area contributed by atoms with E-state index in [1.165, 1.54) is 6.33 Å². The number of hydrogen-bond donors (Lipinski definition) is 1. The maximum absolute atomic E-state index is 10.4. The Bertz CT molecular complexity index is 528. The highest BCUT2D eigenvalue weighted by Crippen LogP contribution is 2.27. The van der Waals surface area contributed by atoms with Crippen molar-refractivity contribution in [3.8, 4) is 0 Å². The standard InChI is InChI=1S/C12H16ClN5O/c1-17(2)3-4-18-11(10(13)7-16-18)12(19)9-5-14-8-15-6-9/h5-8,12,19H,3-4H2,1-2H3. The van der Waals surface area contributed by atoms with Gasteiger partial charge >= 0.3 is 0 Å². The number of halogens is 1. The summed E-state index contributed by atoms with van der Waals surface area (Å²) >= 11 is 6.11. The van der Waals surface area contributed by atoms with Crippen LogP contribution in [0, 0.1) is 0 Å². The van der Waals surface area contributed by atoms with Gasteiger partial charge in [-0.05, 0) is 14.1 Å². The summed E-state index contributed by atoms with van der Waals surface area (Å²) in [5.41, 5.74) is 1.16. The predicted octanol–water partition coefficient (Wildman–Crippen LogP) is 0.970. The Kier molecular flexibility index (Phi) is 4.47. The van der Waals surface area contributed by atoms with E-state index < -0.39 is 6.10 Å². The second-order valence-corrected chi connectivity index (χ2v) is 4.89. The van der Waals surface area contributed by atoms with E-state index in [-0.39, 0.29) is 0 Å². The third kappa shape index (κ3) is 3.28. The second kappa shape index (κ2) is 6.10. The molecule has 0 aliphatic rings. The van der Waals surface area contributed by atoms with Crippen LogP contribution in [0.4, 0.5) is 0 Å². The molecule has 0 saturated carbocycles. The van der Waals surface area contributed by atoms with E-state index in [4.69, 9.17) is 11.6 Å². The molecule has 0 bridgehead atoms. The monoisotopic (exact) mass is 281 g/mol. The predicted molar refractivity (Wildman–Crippen MR) is 71.9 cm³/mol. The molecule has 102 valence electrons. The minimum Gasteiger partial charge on any atom is -0.382 e. The molecule has 7 heteroatoms. The number of aromatic nitrogens is 4. The lowest BCUT2D eigenvalue weighted by Crippen LogP contribution is -2.21. The largest absolute Gasteiger partial charge is 0.382 e. The molecule has 0 radical (unpaired) electrons. The van der Waals surface area contributed by atoms with Crippen molar-refractivity contribution < 1.29 is 5.11 Å². The fraction of sp³-hybridized carbons (Fsp3) is 0.417. The van der Waals surface area contributed by atoms with E-state index in [1.54, 1.807) is 23.3 Å². The van der Waals surface area contributed by atoms with Crippen LogP contribution < -0.4 is 0 Å². The Hall–Kier alpha value is -1.50. The topological polar surface area (TPSA) is 67.1 Å². The highest BCUT2D eigenvalue weighted by Gasteiger charge is 2.20. The van der Waals surface area contributed by atoms with Crippen LogP contribution in [0.15, 0.2) is 24.9 Å². The van der Waals surface area contributed by atoms with Crippen LogP contribution in [0.3, 0.4) is 0 Å². The van der Waals surface area contributed by atoms with Gasteiger partial charge in [-0.2, -0.15) is 5.10 Å². The summed E-state index contributed by atoms with van der Waals surface area (Å²) in [7, 11) is 3.96. The Morgan fingerprint density at radius 2 is 2.00 bits per heavy atom. The summed E-state index contributed by atoms with van der Waals surface area (Å²) in [6, 6.07) is 0. The maximum Gasteiger partial charge on any atom is 0.125 e. The first-order valence-electron chi connectivity index (χ1n) is 5.88. The van der Waals surface area contributed by atoms with E-state index in [0.29, 0.717) is 22.8 Å². The Morgan fingerprint density at radius 1 is 1.32 bits per heavy atom. The molecule has 0 fully saturated rings. The fourth-order valence-electron chi connectivity index (χ4n) is 1.73. The quantitative estimate of drug-likeness (QED) is 0.885. The molecule has 0 aliphatic carbocycles. The minimum absolute atomic E-state index is 0.440. The molecule has 2 aromatic rings. The van der Waals surface area contributed by atoms with Crippen molar-refractivity contribution in [2.75, 3.05) is 20.6 Å². The molecular formula is C12H16ClN5O. The lowest BCUT2D eigenvalue weighted by atomic mass is 10.1.